The monoisotopic (exact) mass is 680 g/mol. The highest BCUT2D eigenvalue weighted by molar-refractivity contribution is 7.89. The number of benzene rings is 2. The van der Waals surface area contributed by atoms with E-state index in [1.54, 1.807) is 18.2 Å². The number of carbonyl (C=O) groups excluding carboxylic acids is 3. The van der Waals surface area contributed by atoms with Crippen LogP contribution in [0.15, 0.2) is 59.6 Å². The van der Waals surface area contributed by atoms with Gasteiger partial charge in [-0.1, -0.05) is 53.0 Å². The lowest BCUT2D eigenvalue weighted by Gasteiger charge is -2.31. The first-order chi connectivity index (χ1) is 20.8. The molecule has 0 radical (unpaired) electrons. The molecule has 0 unspecified atom stereocenters. The lowest BCUT2D eigenvalue weighted by Crippen LogP contribution is -2.46. The standard InChI is InChI=1S/C29H31Cl3N6O5S/c1-37(2)10-4-6-21(39)13-18-5-3-7-22(14-18)44(42,43)38-11-8-20(9-12-38)34-29(41)27-25(17-33-36-27)35-28(40)26-23(31)15-19(30)16-24(26)32/h3-7,14-17,20H,8-13H2,1-2H3,(H,33,36)(H,34,41)(H,35,40)/b6-4+. The highest BCUT2D eigenvalue weighted by Gasteiger charge is 2.31. The van der Waals surface area contributed by atoms with Gasteiger partial charge in [0, 0.05) is 37.1 Å². The maximum atomic E-state index is 13.4. The summed E-state index contributed by atoms with van der Waals surface area (Å²) in [5.41, 5.74) is 0.724. The molecule has 234 valence electrons. The molecule has 4 rings (SSSR count). The Kier molecular flexibility index (Phi) is 11.2. The van der Waals surface area contributed by atoms with Gasteiger partial charge in [-0.2, -0.15) is 9.40 Å². The van der Waals surface area contributed by atoms with Gasteiger partial charge in [-0.3, -0.25) is 19.5 Å². The maximum Gasteiger partial charge on any atom is 0.271 e. The molecule has 0 bridgehead atoms. The summed E-state index contributed by atoms with van der Waals surface area (Å²) >= 11 is 18.2. The van der Waals surface area contributed by atoms with Crippen LogP contribution in [0.5, 0.6) is 0 Å². The fourth-order valence-electron chi connectivity index (χ4n) is 4.62. The molecule has 1 saturated heterocycles. The van der Waals surface area contributed by atoms with E-state index >= 15 is 0 Å². The molecule has 0 aliphatic carbocycles. The molecule has 2 heterocycles. The number of likely N-dealkylation sites (N-methyl/N-ethyl adjacent to an activating group) is 1. The lowest BCUT2D eigenvalue weighted by molar-refractivity contribution is -0.114. The highest BCUT2D eigenvalue weighted by Crippen LogP contribution is 2.30. The predicted octanol–water partition coefficient (Wildman–Crippen LogP) is 4.43. The zero-order valence-electron chi connectivity index (χ0n) is 23.9. The number of piperidine rings is 1. The van der Waals surface area contributed by atoms with Crippen LogP contribution < -0.4 is 10.6 Å². The Morgan fingerprint density at radius 1 is 1.07 bits per heavy atom. The largest absolute Gasteiger partial charge is 0.348 e. The number of hydrogen-bond acceptors (Lipinski definition) is 7. The van der Waals surface area contributed by atoms with Crippen molar-refractivity contribution in [3.8, 4) is 0 Å². The molecule has 1 aliphatic rings. The van der Waals surface area contributed by atoms with Crippen LogP contribution >= 0.6 is 34.8 Å². The number of amides is 2. The number of anilines is 1. The topological polar surface area (TPSA) is 145 Å². The Hall–Kier alpha value is -3.26. The van der Waals surface area contributed by atoms with Gasteiger partial charge in [-0.05, 0) is 62.8 Å². The van der Waals surface area contributed by atoms with Crippen LogP contribution in [-0.4, -0.2) is 85.2 Å². The Balaban J connectivity index is 1.34. The minimum Gasteiger partial charge on any atom is -0.348 e. The number of aromatic nitrogens is 2. The summed E-state index contributed by atoms with van der Waals surface area (Å²) in [5.74, 6) is -1.29. The second-order valence-electron chi connectivity index (χ2n) is 10.5. The van der Waals surface area contributed by atoms with Gasteiger partial charge in [0.25, 0.3) is 11.8 Å². The zero-order chi connectivity index (χ0) is 32.0. The second-order valence-corrected chi connectivity index (χ2v) is 13.7. The third kappa shape index (κ3) is 8.46. The SMILES string of the molecule is CN(C)C/C=C/C(=O)Cc1cccc(S(=O)(=O)N2CCC(NC(=O)c3[nH]ncc3NC(=O)c3c(Cl)cc(Cl)cc3Cl)CC2)c1. The number of nitrogens with zero attached hydrogens (tertiary/aromatic N) is 3. The minimum absolute atomic E-state index is 0.00662. The zero-order valence-corrected chi connectivity index (χ0v) is 27.0. The molecule has 1 fully saturated rings. The normalized spacial score (nSPS) is 14.7. The first-order valence-electron chi connectivity index (χ1n) is 13.6. The summed E-state index contributed by atoms with van der Waals surface area (Å²) in [6, 6.07) is 8.83. The summed E-state index contributed by atoms with van der Waals surface area (Å²) in [6.45, 7) is 0.999. The molecule has 1 aliphatic heterocycles. The maximum absolute atomic E-state index is 13.4. The quantitative estimate of drug-likeness (QED) is 0.254. The predicted molar refractivity (Wildman–Crippen MR) is 170 cm³/mol. The molecule has 0 spiro atoms. The number of sulfonamides is 1. The van der Waals surface area contributed by atoms with E-state index in [0.29, 0.717) is 24.9 Å². The van der Waals surface area contributed by atoms with Crippen LogP contribution in [0.4, 0.5) is 5.69 Å². The van der Waals surface area contributed by atoms with E-state index in [4.69, 9.17) is 34.8 Å². The van der Waals surface area contributed by atoms with E-state index in [1.165, 1.54) is 40.8 Å². The third-order valence-electron chi connectivity index (χ3n) is 6.83. The lowest BCUT2D eigenvalue weighted by atomic mass is 10.1. The highest BCUT2D eigenvalue weighted by atomic mass is 35.5. The second kappa shape index (κ2) is 14.7. The van der Waals surface area contributed by atoms with Gasteiger partial charge in [0.1, 0.15) is 5.69 Å². The van der Waals surface area contributed by atoms with Crippen molar-refractivity contribution in [1.29, 1.82) is 0 Å². The Morgan fingerprint density at radius 3 is 2.41 bits per heavy atom. The third-order valence-corrected chi connectivity index (χ3v) is 9.54. The van der Waals surface area contributed by atoms with Gasteiger partial charge in [-0.25, -0.2) is 8.42 Å². The van der Waals surface area contributed by atoms with Crippen LogP contribution in [0.1, 0.15) is 39.3 Å². The molecule has 11 nitrogen and oxygen atoms in total. The smallest absolute Gasteiger partial charge is 0.271 e. The van der Waals surface area contributed by atoms with Gasteiger partial charge in [-0.15, -0.1) is 0 Å². The van der Waals surface area contributed by atoms with E-state index in [9.17, 15) is 22.8 Å². The summed E-state index contributed by atoms with van der Waals surface area (Å²) in [5, 5.41) is 12.3. The van der Waals surface area contributed by atoms with Crippen molar-refractivity contribution in [2.45, 2.75) is 30.2 Å². The number of halogens is 3. The van der Waals surface area contributed by atoms with Gasteiger partial charge in [0.2, 0.25) is 10.0 Å². The molecule has 44 heavy (non-hydrogen) atoms. The number of allylic oxidation sites excluding steroid dienone is 1. The number of aromatic amines is 1. The van der Waals surface area contributed by atoms with Crippen LogP contribution in [0, 0.1) is 0 Å². The summed E-state index contributed by atoms with van der Waals surface area (Å²) in [4.78, 5) is 40.2. The van der Waals surface area contributed by atoms with Crippen LogP contribution in [-0.2, 0) is 21.2 Å². The van der Waals surface area contributed by atoms with Crippen LogP contribution in [0.3, 0.4) is 0 Å². The Morgan fingerprint density at radius 2 is 1.75 bits per heavy atom. The van der Waals surface area contributed by atoms with Crippen molar-refractivity contribution < 1.29 is 22.8 Å². The van der Waals surface area contributed by atoms with E-state index in [2.05, 4.69) is 20.8 Å². The number of ketones is 1. The molecule has 3 N–H and O–H groups in total. The summed E-state index contributed by atoms with van der Waals surface area (Å²) in [7, 11) is -0.0128. The molecule has 0 saturated carbocycles. The molecular weight excluding hydrogens is 651 g/mol. The number of nitrogens with one attached hydrogen (secondary N) is 3. The Bertz CT molecular complexity index is 1660. The van der Waals surface area contributed by atoms with Gasteiger partial charge >= 0.3 is 0 Å². The number of carbonyl (C=O) groups is 3. The molecule has 2 aromatic carbocycles. The Labute approximate surface area is 270 Å². The molecule has 2 amide bonds. The number of rotatable bonds is 11. The average molecular weight is 682 g/mol. The van der Waals surface area contributed by atoms with Crippen molar-refractivity contribution >= 4 is 68.1 Å². The summed E-state index contributed by atoms with van der Waals surface area (Å²) in [6.07, 6.45) is 5.38. The van der Waals surface area contributed by atoms with Gasteiger partial charge < -0.3 is 15.5 Å². The molecule has 3 aromatic rings. The minimum atomic E-state index is -3.81. The van der Waals surface area contributed by atoms with Crippen LogP contribution in [0.2, 0.25) is 15.1 Å². The van der Waals surface area contributed by atoms with Crippen molar-refractivity contribution in [1.82, 2.24) is 24.7 Å². The van der Waals surface area contributed by atoms with E-state index in [-0.39, 0.29) is 68.2 Å². The van der Waals surface area contributed by atoms with Crippen molar-refractivity contribution in [3.63, 3.8) is 0 Å². The van der Waals surface area contributed by atoms with E-state index < -0.39 is 21.8 Å². The van der Waals surface area contributed by atoms with E-state index in [1.807, 2.05) is 19.0 Å². The van der Waals surface area contributed by atoms with Gasteiger partial charge in [0.05, 0.1) is 32.4 Å². The number of H-pyrrole nitrogens is 1. The first-order valence-corrected chi connectivity index (χ1v) is 16.2. The molecular formula is C29H31Cl3N6O5S. The first kappa shape index (κ1) is 33.6. The van der Waals surface area contributed by atoms with Gasteiger partial charge in [0.15, 0.2) is 5.78 Å². The fourth-order valence-corrected chi connectivity index (χ4v) is 7.15. The van der Waals surface area contributed by atoms with Crippen molar-refractivity contribution in [3.05, 3.63) is 86.6 Å². The van der Waals surface area contributed by atoms with E-state index in [0.717, 1.165) is 0 Å². The molecule has 1 aromatic heterocycles. The number of hydrogen-bond donors (Lipinski definition) is 3. The average Bonchev–Trinajstić information content (AvgIpc) is 3.41. The fraction of sp³-hybridized carbons (Fsp3) is 0.310. The van der Waals surface area contributed by atoms with Crippen molar-refractivity contribution in [2.24, 2.45) is 0 Å². The van der Waals surface area contributed by atoms with Crippen molar-refractivity contribution in [2.75, 3.05) is 39.0 Å². The molecule has 0 atom stereocenters. The van der Waals surface area contributed by atoms with Crippen LogP contribution in [0.25, 0.3) is 0 Å². The molecule has 15 heteroatoms. The summed E-state index contributed by atoms with van der Waals surface area (Å²) < 4.78 is 28.1.